The van der Waals surface area contributed by atoms with Crippen LogP contribution in [0.5, 0.6) is 5.75 Å². The number of hydrogen-bond donors (Lipinski definition) is 0. The molecule has 0 aromatic heterocycles. The summed E-state index contributed by atoms with van der Waals surface area (Å²) in [5, 5.41) is 8.68. The van der Waals surface area contributed by atoms with Gasteiger partial charge in [0.05, 0.1) is 16.6 Å². The number of benzene rings is 1. The summed E-state index contributed by atoms with van der Waals surface area (Å²) in [6.45, 7) is 5.99. The molecule has 0 radical (unpaired) electrons. The first kappa shape index (κ1) is 12.7. The van der Waals surface area contributed by atoms with Gasteiger partial charge in [0, 0.05) is 6.42 Å². The number of rotatable bonds is 4. The van der Waals surface area contributed by atoms with Crippen LogP contribution in [-0.2, 0) is 0 Å². The van der Waals surface area contributed by atoms with E-state index in [0.29, 0.717) is 13.0 Å². The molecule has 1 rings (SSSR count). The normalized spacial score (nSPS) is 9.62. The molecule has 0 unspecified atom stereocenters. The van der Waals surface area contributed by atoms with Gasteiger partial charge >= 0.3 is 0 Å². The van der Waals surface area contributed by atoms with Crippen molar-refractivity contribution in [1.29, 1.82) is 5.26 Å². The first-order valence-electron chi connectivity index (χ1n) is 4.71. The summed E-state index contributed by atoms with van der Waals surface area (Å²) in [6, 6.07) is 4.85. The molecular formula is C12H11BrFNO. The van der Waals surface area contributed by atoms with Crippen molar-refractivity contribution >= 4 is 15.9 Å². The topological polar surface area (TPSA) is 33.0 Å². The van der Waals surface area contributed by atoms with Gasteiger partial charge in [0.2, 0.25) is 0 Å². The van der Waals surface area contributed by atoms with Crippen LogP contribution >= 0.6 is 15.9 Å². The van der Waals surface area contributed by atoms with Gasteiger partial charge in [0.15, 0.2) is 11.6 Å². The van der Waals surface area contributed by atoms with Gasteiger partial charge in [0.25, 0.3) is 0 Å². The second-order valence-electron chi connectivity index (χ2n) is 3.41. The lowest BCUT2D eigenvalue weighted by Crippen LogP contribution is -2.00. The molecule has 0 aliphatic rings. The summed E-state index contributed by atoms with van der Waals surface area (Å²) in [7, 11) is 0. The van der Waals surface area contributed by atoms with Gasteiger partial charge in [-0.25, -0.2) is 4.39 Å². The summed E-state index contributed by atoms with van der Waals surface area (Å²) < 4.78 is 19.0. The van der Waals surface area contributed by atoms with Crippen LogP contribution in [0.4, 0.5) is 4.39 Å². The van der Waals surface area contributed by atoms with Crippen molar-refractivity contribution in [2.24, 2.45) is 0 Å². The van der Waals surface area contributed by atoms with Crippen molar-refractivity contribution in [2.75, 3.05) is 6.61 Å². The fourth-order valence-corrected chi connectivity index (χ4v) is 1.48. The standard InChI is InChI=1S/C12H11BrFNO/c1-8(2)5-6-16-10-4-3-9(7-15)11(13)12(10)14/h3-4H,1,5-6H2,2H3. The molecule has 0 aliphatic heterocycles. The molecule has 0 bridgehead atoms. The van der Waals surface area contributed by atoms with Gasteiger partial charge in [-0.1, -0.05) is 5.57 Å². The Morgan fingerprint density at radius 1 is 1.62 bits per heavy atom. The van der Waals surface area contributed by atoms with E-state index in [0.717, 1.165) is 5.57 Å². The van der Waals surface area contributed by atoms with Crippen LogP contribution in [-0.4, -0.2) is 6.61 Å². The maximum Gasteiger partial charge on any atom is 0.180 e. The van der Waals surface area contributed by atoms with E-state index in [-0.39, 0.29) is 15.8 Å². The molecule has 0 N–H and O–H groups in total. The number of nitrogens with zero attached hydrogens (tertiary/aromatic N) is 1. The van der Waals surface area contributed by atoms with E-state index < -0.39 is 5.82 Å². The molecule has 0 atom stereocenters. The molecule has 2 nitrogen and oxygen atoms in total. The van der Waals surface area contributed by atoms with E-state index in [9.17, 15) is 4.39 Å². The molecule has 84 valence electrons. The Morgan fingerprint density at radius 3 is 2.88 bits per heavy atom. The molecule has 0 heterocycles. The Labute approximate surface area is 102 Å². The van der Waals surface area contributed by atoms with E-state index >= 15 is 0 Å². The summed E-state index contributed by atoms with van der Waals surface area (Å²) in [5.41, 5.74) is 1.23. The summed E-state index contributed by atoms with van der Waals surface area (Å²) >= 11 is 3.02. The van der Waals surface area contributed by atoms with Gasteiger partial charge in [0.1, 0.15) is 6.07 Å². The van der Waals surface area contributed by atoms with Gasteiger partial charge < -0.3 is 4.74 Å². The van der Waals surface area contributed by atoms with Gasteiger partial charge in [-0.15, -0.1) is 6.58 Å². The Kier molecular flexibility index (Phi) is 4.51. The number of halogens is 2. The van der Waals surface area contributed by atoms with E-state index in [2.05, 4.69) is 22.5 Å². The molecule has 0 amide bonds. The molecule has 0 spiro atoms. The van der Waals surface area contributed by atoms with Gasteiger partial charge in [-0.3, -0.25) is 0 Å². The quantitative estimate of drug-likeness (QED) is 0.788. The van der Waals surface area contributed by atoms with Crippen LogP contribution in [0.25, 0.3) is 0 Å². The lowest BCUT2D eigenvalue weighted by atomic mass is 10.2. The second kappa shape index (κ2) is 5.66. The van der Waals surface area contributed by atoms with E-state index in [1.165, 1.54) is 12.1 Å². The van der Waals surface area contributed by atoms with Crippen LogP contribution in [0.3, 0.4) is 0 Å². The highest BCUT2D eigenvalue weighted by molar-refractivity contribution is 9.10. The largest absolute Gasteiger partial charge is 0.490 e. The van der Waals surface area contributed by atoms with Crippen molar-refractivity contribution in [2.45, 2.75) is 13.3 Å². The predicted octanol–water partition coefficient (Wildman–Crippen LogP) is 3.80. The zero-order chi connectivity index (χ0) is 12.1. The summed E-state index contributed by atoms with van der Waals surface area (Å²) in [6.07, 6.45) is 0.678. The van der Waals surface area contributed by atoms with Crippen molar-refractivity contribution in [3.05, 3.63) is 40.1 Å². The van der Waals surface area contributed by atoms with Crippen LogP contribution in [0.2, 0.25) is 0 Å². The number of ether oxygens (including phenoxy) is 1. The first-order chi connectivity index (χ1) is 7.56. The lowest BCUT2D eigenvalue weighted by molar-refractivity contribution is 0.304. The third kappa shape index (κ3) is 3.07. The fraction of sp³-hybridized carbons (Fsp3) is 0.250. The Hall–Kier alpha value is -1.34. The Morgan fingerprint density at radius 2 is 2.31 bits per heavy atom. The fourth-order valence-electron chi connectivity index (χ4n) is 1.06. The number of nitriles is 1. The zero-order valence-electron chi connectivity index (χ0n) is 8.89. The van der Waals surface area contributed by atoms with E-state index in [4.69, 9.17) is 10.00 Å². The zero-order valence-corrected chi connectivity index (χ0v) is 10.5. The number of hydrogen-bond acceptors (Lipinski definition) is 2. The van der Waals surface area contributed by atoms with Crippen LogP contribution in [0.1, 0.15) is 18.9 Å². The third-order valence-electron chi connectivity index (χ3n) is 1.95. The maximum atomic E-state index is 13.6. The van der Waals surface area contributed by atoms with Crippen molar-refractivity contribution in [1.82, 2.24) is 0 Å². The van der Waals surface area contributed by atoms with Crippen molar-refractivity contribution < 1.29 is 9.13 Å². The van der Waals surface area contributed by atoms with Gasteiger partial charge in [-0.05, 0) is 35.0 Å². The summed E-state index contributed by atoms with van der Waals surface area (Å²) in [4.78, 5) is 0. The maximum absolute atomic E-state index is 13.6. The SMILES string of the molecule is C=C(C)CCOc1ccc(C#N)c(Br)c1F. The summed E-state index contributed by atoms with van der Waals surface area (Å²) in [5.74, 6) is -0.395. The minimum atomic E-state index is -0.541. The predicted molar refractivity (Wildman–Crippen MR) is 63.7 cm³/mol. The molecular weight excluding hydrogens is 273 g/mol. The lowest BCUT2D eigenvalue weighted by Gasteiger charge is -2.08. The monoisotopic (exact) mass is 283 g/mol. The average Bonchev–Trinajstić information content (AvgIpc) is 2.24. The Balaban J connectivity index is 2.79. The minimum absolute atomic E-state index is 0.142. The smallest absolute Gasteiger partial charge is 0.180 e. The van der Waals surface area contributed by atoms with E-state index in [1.54, 1.807) is 0 Å². The molecule has 0 saturated carbocycles. The molecule has 1 aromatic carbocycles. The highest BCUT2D eigenvalue weighted by Crippen LogP contribution is 2.28. The molecule has 0 aliphatic carbocycles. The average molecular weight is 284 g/mol. The highest BCUT2D eigenvalue weighted by Gasteiger charge is 2.11. The first-order valence-corrected chi connectivity index (χ1v) is 5.51. The third-order valence-corrected chi connectivity index (χ3v) is 2.73. The van der Waals surface area contributed by atoms with Crippen LogP contribution < -0.4 is 4.74 Å². The van der Waals surface area contributed by atoms with Crippen molar-refractivity contribution in [3.63, 3.8) is 0 Å². The molecule has 0 saturated heterocycles. The van der Waals surface area contributed by atoms with Crippen molar-refractivity contribution in [3.8, 4) is 11.8 Å². The Bertz CT molecular complexity index is 451. The van der Waals surface area contributed by atoms with E-state index in [1.807, 2.05) is 13.0 Å². The highest BCUT2D eigenvalue weighted by atomic mass is 79.9. The molecule has 4 heteroatoms. The van der Waals surface area contributed by atoms with Gasteiger partial charge in [-0.2, -0.15) is 5.26 Å². The molecule has 0 fully saturated rings. The second-order valence-corrected chi connectivity index (χ2v) is 4.20. The van der Waals surface area contributed by atoms with Crippen LogP contribution in [0.15, 0.2) is 28.8 Å². The van der Waals surface area contributed by atoms with Crippen LogP contribution in [0, 0.1) is 17.1 Å². The molecule has 16 heavy (non-hydrogen) atoms. The minimum Gasteiger partial charge on any atom is -0.490 e. The molecule has 1 aromatic rings.